The number of ether oxygens (including phenoxy) is 1. The fourth-order valence-electron chi connectivity index (χ4n) is 1.80. The minimum Gasteiger partial charge on any atom is -0.478 e. The molecule has 0 bridgehead atoms. The van der Waals surface area contributed by atoms with Crippen molar-refractivity contribution in [2.75, 3.05) is 25.2 Å². The fourth-order valence-corrected chi connectivity index (χ4v) is 2.08. The molecule has 0 radical (unpaired) electrons. The number of hydrogen-bond acceptors (Lipinski definition) is 3. The van der Waals surface area contributed by atoms with E-state index in [1.807, 2.05) is 18.7 Å². The normalized spacial score (nSPS) is 10.7. The summed E-state index contributed by atoms with van der Waals surface area (Å²) in [4.78, 5) is 13.2. The van der Waals surface area contributed by atoms with Gasteiger partial charge < -0.3 is 14.7 Å². The zero-order valence-corrected chi connectivity index (χ0v) is 11.6. The van der Waals surface area contributed by atoms with E-state index in [0.717, 1.165) is 0 Å². The lowest BCUT2D eigenvalue weighted by Gasteiger charge is -2.30. The van der Waals surface area contributed by atoms with Crippen molar-refractivity contribution >= 4 is 23.3 Å². The maximum atomic E-state index is 11.3. The maximum Gasteiger partial charge on any atom is 0.337 e. The smallest absolute Gasteiger partial charge is 0.337 e. The number of carboxylic acids is 1. The first-order valence-corrected chi connectivity index (χ1v) is 6.14. The number of nitrogens with zero attached hydrogens (tertiary/aromatic N) is 1. The predicted octanol–water partition coefficient (Wildman–Crippen LogP) is 2.90. The summed E-state index contributed by atoms with van der Waals surface area (Å²) in [5, 5.41) is 9.67. The minimum absolute atomic E-state index is 0.137. The van der Waals surface area contributed by atoms with Crippen LogP contribution in [0.25, 0.3) is 0 Å². The van der Waals surface area contributed by atoms with Gasteiger partial charge in [0.15, 0.2) is 0 Å². The van der Waals surface area contributed by atoms with Crippen LogP contribution in [0, 0.1) is 0 Å². The molecule has 18 heavy (non-hydrogen) atoms. The molecular formula is C13H18ClNO3. The molecule has 0 unspecified atom stereocenters. The molecule has 0 saturated carbocycles. The third kappa shape index (κ3) is 3.37. The maximum absolute atomic E-state index is 11.3. The lowest BCUT2D eigenvalue weighted by Crippen LogP contribution is -2.35. The average Bonchev–Trinajstić information content (AvgIpc) is 2.30. The number of rotatable bonds is 6. The number of carbonyl (C=O) groups is 1. The Hall–Kier alpha value is -1.26. The highest BCUT2D eigenvalue weighted by Crippen LogP contribution is 2.31. The van der Waals surface area contributed by atoms with Crippen molar-refractivity contribution in [1.82, 2.24) is 0 Å². The second-order valence-electron chi connectivity index (χ2n) is 4.22. The Bertz CT molecular complexity index is 421. The van der Waals surface area contributed by atoms with E-state index in [1.54, 1.807) is 25.3 Å². The number of methoxy groups -OCH3 is 1. The largest absolute Gasteiger partial charge is 0.478 e. The summed E-state index contributed by atoms with van der Waals surface area (Å²) in [5.41, 5.74) is 0.769. The van der Waals surface area contributed by atoms with Gasteiger partial charge in [0.2, 0.25) is 0 Å². The van der Waals surface area contributed by atoms with Gasteiger partial charge in [0.05, 0.1) is 22.9 Å². The molecule has 0 atom stereocenters. The topological polar surface area (TPSA) is 49.8 Å². The highest BCUT2D eigenvalue weighted by molar-refractivity contribution is 6.34. The summed E-state index contributed by atoms with van der Waals surface area (Å²) >= 11 is 6.15. The summed E-state index contributed by atoms with van der Waals surface area (Å²) < 4.78 is 5.05. The molecule has 1 aromatic rings. The first-order chi connectivity index (χ1) is 8.49. The van der Waals surface area contributed by atoms with Gasteiger partial charge in [-0.05, 0) is 26.0 Å². The van der Waals surface area contributed by atoms with Crippen LogP contribution in [0.2, 0.25) is 5.02 Å². The van der Waals surface area contributed by atoms with E-state index in [9.17, 15) is 9.90 Å². The third-order valence-corrected chi connectivity index (χ3v) is 2.97. The molecule has 0 aliphatic heterocycles. The molecule has 5 heteroatoms. The van der Waals surface area contributed by atoms with E-state index in [1.165, 1.54) is 0 Å². The molecule has 0 aliphatic rings. The molecule has 100 valence electrons. The van der Waals surface area contributed by atoms with Gasteiger partial charge in [-0.1, -0.05) is 17.7 Å². The number of halogens is 1. The van der Waals surface area contributed by atoms with Gasteiger partial charge in [0.1, 0.15) is 0 Å². The van der Waals surface area contributed by atoms with E-state index in [-0.39, 0.29) is 11.6 Å². The monoisotopic (exact) mass is 271 g/mol. The summed E-state index contributed by atoms with van der Waals surface area (Å²) in [6.07, 6.45) is 0. The zero-order chi connectivity index (χ0) is 13.7. The van der Waals surface area contributed by atoms with Crippen LogP contribution in [0.15, 0.2) is 18.2 Å². The van der Waals surface area contributed by atoms with Crippen LogP contribution in [0.3, 0.4) is 0 Å². The highest BCUT2D eigenvalue weighted by Gasteiger charge is 2.20. The van der Waals surface area contributed by atoms with Gasteiger partial charge in [0, 0.05) is 19.7 Å². The quantitative estimate of drug-likeness (QED) is 0.864. The van der Waals surface area contributed by atoms with Crippen LogP contribution >= 0.6 is 11.6 Å². The molecule has 1 rings (SSSR count). The summed E-state index contributed by atoms with van der Waals surface area (Å²) in [6.45, 7) is 5.09. The second kappa shape index (κ2) is 6.61. The lowest BCUT2D eigenvalue weighted by atomic mass is 10.1. The molecule has 0 amide bonds. The SMILES string of the molecule is COCCN(c1c(Cl)cccc1C(=O)O)C(C)C. The molecule has 1 N–H and O–H groups in total. The molecule has 0 heterocycles. The molecule has 1 aromatic carbocycles. The first-order valence-electron chi connectivity index (χ1n) is 5.76. The van der Waals surface area contributed by atoms with Crippen molar-refractivity contribution in [1.29, 1.82) is 0 Å². The van der Waals surface area contributed by atoms with Crippen molar-refractivity contribution in [3.8, 4) is 0 Å². The van der Waals surface area contributed by atoms with Crippen LogP contribution < -0.4 is 4.90 Å². The summed E-state index contributed by atoms with van der Waals surface area (Å²) in [7, 11) is 1.61. The van der Waals surface area contributed by atoms with E-state index >= 15 is 0 Å². The van der Waals surface area contributed by atoms with Crippen molar-refractivity contribution in [3.05, 3.63) is 28.8 Å². The number of carboxylic acid groups (broad SMARTS) is 1. The van der Waals surface area contributed by atoms with Crippen molar-refractivity contribution in [2.24, 2.45) is 0 Å². The van der Waals surface area contributed by atoms with E-state index < -0.39 is 5.97 Å². The number of benzene rings is 1. The van der Waals surface area contributed by atoms with E-state index in [2.05, 4.69) is 0 Å². The number of hydrogen-bond donors (Lipinski definition) is 1. The average molecular weight is 272 g/mol. The van der Waals surface area contributed by atoms with Gasteiger partial charge in [-0.25, -0.2) is 4.79 Å². The van der Waals surface area contributed by atoms with Crippen molar-refractivity contribution in [2.45, 2.75) is 19.9 Å². The Labute approximate surface area is 112 Å². The van der Waals surface area contributed by atoms with Crippen LogP contribution in [-0.2, 0) is 4.74 Å². The van der Waals surface area contributed by atoms with Gasteiger partial charge in [-0.3, -0.25) is 0 Å². The lowest BCUT2D eigenvalue weighted by molar-refractivity contribution is 0.0697. The predicted molar refractivity (Wildman–Crippen MR) is 72.8 cm³/mol. The molecule has 0 saturated heterocycles. The Kier molecular flexibility index (Phi) is 5.44. The third-order valence-electron chi connectivity index (χ3n) is 2.66. The summed E-state index contributed by atoms with van der Waals surface area (Å²) in [5.74, 6) is -0.976. The van der Waals surface area contributed by atoms with Crippen LogP contribution in [0.1, 0.15) is 24.2 Å². The van der Waals surface area contributed by atoms with E-state index in [0.29, 0.717) is 23.9 Å². The van der Waals surface area contributed by atoms with Gasteiger partial charge in [-0.2, -0.15) is 0 Å². The Morgan fingerprint density at radius 3 is 2.67 bits per heavy atom. The van der Waals surface area contributed by atoms with Crippen molar-refractivity contribution in [3.63, 3.8) is 0 Å². The number of para-hydroxylation sites is 1. The molecule has 0 fully saturated rings. The van der Waals surface area contributed by atoms with Crippen molar-refractivity contribution < 1.29 is 14.6 Å². The Morgan fingerprint density at radius 1 is 1.50 bits per heavy atom. The van der Waals surface area contributed by atoms with Crippen LogP contribution in [-0.4, -0.2) is 37.4 Å². The Morgan fingerprint density at radius 2 is 2.17 bits per heavy atom. The molecule has 0 spiro atoms. The summed E-state index contributed by atoms with van der Waals surface area (Å²) in [6, 6.07) is 5.04. The highest BCUT2D eigenvalue weighted by atomic mass is 35.5. The number of aromatic carboxylic acids is 1. The van der Waals surface area contributed by atoms with E-state index in [4.69, 9.17) is 16.3 Å². The fraction of sp³-hybridized carbons (Fsp3) is 0.462. The zero-order valence-electron chi connectivity index (χ0n) is 10.8. The van der Waals surface area contributed by atoms with Crippen LogP contribution in [0.5, 0.6) is 0 Å². The molecular weight excluding hydrogens is 254 g/mol. The van der Waals surface area contributed by atoms with Gasteiger partial charge in [0.25, 0.3) is 0 Å². The molecule has 0 aromatic heterocycles. The Balaban J connectivity index is 3.21. The standard InChI is InChI=1S/C13H18ClNO3/c1-9(2)15(7-8-18-3)12-10(13(16)17)5-4-6-11(12)14/h4-6,9H,7-8H2,1-3H3,(H,16,17). The van der Waals surface area contributed by atoms with Gasteiger partial charge >= 0.3 is 5.97 Å². The minimum atomic E-state index is -0.976. The molecule has 0 aliphatic carbocycles. The molecule has 4 nitrogen and oxygen atoms in total. The first kappa shape index (κ1) is 14.8. The number of anilines is 1. The van der Waals surface area contributed by atoms with Gasteiger partial charge in [-0.15, -0.1) is 0 Å². The second-order valence-corrected chi connectivity index (χ2v) is 4.63. The van der Waals surface area contributed by atoms with Crippen LogP contribution in [0.4, 0.5) is 5.69 Å².